The number of nitrogens with two attached hydrogens (primary N) is 1. The Morgan fingerprint density at radius 3 is 2.67 bits per heavy atom. The van der Waals surface area contributed by atoms with Gasteiger partial charge in [-0.2, -0.15) is 10.2 Å². The number of nitrogen functional groups attached to an aromatic ring is 1. The fourth-order valence-corrected chi connectivity index (χ4v) is 3.38. The number of aromatic nitrogens is 2. The first-order chi connectivity index (χ1) is 13.0. The van der Waals surface area contributed by atoms with Gasteiger partial charge in [-0.05, 0) is 24.3 Å². The summed E-state index contributed by atoms with van der Waals surface area (Å²) >= 11 is 0. The van der Waals surface area contributed by atoms with E-state index in [0.717, 1.165) is 0 Å². The van der Waals surface area contributed by atoms with Crippen molar-refractivity contribution in [3.63, 3.8) is 0 Å². The van der Waals surface area contributed by atoms with Crippen LogP contribution in [0.15, 0.2) is 35.3 Å². The number of rotatable bonds is 5. The molecule has 2 aromatic rings. The normalized spacial score (nSPS) is 20.4. The maximum absolute atomic E-state index is 12.5. The molecule has 0 bridgehead atoms. The summed E-state index contributed by atoms with van der Waals surface area (Å²) in [4.78, 5) is 16.2. The number of fused-ring (bicyclic) bond motifs is 1. The molecule has 27 heavy (non-hydrogen) atoms. The number of nitriles is 1. The van der Waals surface area contributed by atoms with E-state index in [0.29, 0.717) is 16.9 Å². The SMILES string of the molecule is COCC1(COC)Oc2ccc(C#N)cc2[C@@H](n2ccc(N)nc2=O)[C@@H]1O. The van der Waals surface area contributed by atoms with E-state index < -0.39 is 23.4 Å². The fraction of sp³-hybridized carbons (Fsp3) is 0.389. The van der Waals surface area contributed by atoms with Crippen LogP contribution in [0.1, 0.15) is 17.2 Å². The van der Waals surface area contributed by atoms with Crippen molar-refractivity contribution in [3.05, 3.63) is 52.1 Å². The summed E-state index contributed by atoms with van der Waals surface area (Å²) in [6, 6.07) is 7.45. The van der Waals surface area contributed by atoms with Crippen LogP contribution < -0.4 is 16.2 Å². The molecule has 0 amide bonds. The van der Waals surface area contributed by atoms with Gasteiger partial charge in [0.15, 0.2) is 5.60 Å². The average molecular weight is 372 g/mol. The highest BCUT2D eigenvalue weighted by atomic mass is 16.6. The van der Waals surface area contributed by atoms with E-state index in [9.17, 15) is 15.2 Å². The van der Waals surface area contributed by atoms with E-state index in [1.165, 1.54) is 31.0 Å². The Labute approximate surface area is 155 Å². The van der Waals surface area contributed by atoms with Crippen LogP contribution in [-0.4, -0.2) is 53.8 Å². The van der Waals surface area contributed by atoms with Crippen molar-refractivity contribution in [1.29, 1.82) is 5.26 Å². The number of hydrogen-bond acceptors (Lipinski definition) is 8. The molecular formula is C18H20N4O5. The Hall–Kier alpha value is -2.93. The van der Waals surface area contributed by atoms with Crippen LogP contribution in [0.5, 0.6) is 5.75 Å². The molecule has 1 aliphatic heterocycles. The van der Waals surface area contributed by atoms with E-state index in [4.69, 9.17) is 19.9 Å². The van der Waals surface area contributed by atoms with Crippen LogP contribution in [0.25, 0.3) is 0 Å². The molecule has 1 aromatic heterocycles. The third-order valence-corrected chi connectivity index (χ3v) is 4.54. The minimum Gasteiger partial charge on any atom is -0.479 e. The minimum absolute atomic E-state index is 0.0229. The first-order valence-electron chi connectivity index (χ1n) is 8.19. The molecule has 9 nitrogen and oxygen atoms in total. The number of anilines is 1. The monoisotopic (exact) mass is 372 g/mol. The standard InChI is InChI=1S/C18H20N4O5/c1-25-9-18(10-26-2)16(23)15(22-6-5-14(20)21-17(22)24)12-7-11(8-19)3-4-13(12)27-18/h3-7,15-16,23H,9-10H2,1-2H3,(H2,20,21,24)/t15-,16+/m1/s1. The van der Waals surface area contributed by atoms with Crippen molar-refractivity contribution in [3.8, 4) is 11.8 Å². The smallest absolute Gasteiger partial charge is 0.350 e. The Morgan fingerprint density at radius 1 is 1.37 bits per heavy atom. The molecule has 0 fully saturated rings. The molecule has 0 saturated carbocycles. The summed E-state index contributed by atoms with van der Waals surface area (Å²) < 4.78 is 17.8. The van der Waals surface area contributed by atoms with Crippen LogP contribution in [0.4, 0.5) is 5.82 Å². The highest BCUT2D eigenvalue weighted by Crippen LogP contribution is 2.42. The lowest BCUT2D eigenvalue weighted by Gasteiger charge is -2.45. The van der Waals surface area contributed by atoms with Gasteiger partial charge in [-0.15, -0.1) is 0 Å². The minimum atomic E-state index is -1.25. The number of aliphatic hydroxyl groups is 1. The van der Waals surface area contributed by atoms with E-state index in [2.05, 4.69) is 4.98 Å². The van der Waals surface area contributed by atoms with E-state index in [-0.39, 0.29) is 19.0 Å². The molecule has 2 atom stereocenters. The Balaban J connectivity index is 2.24. The van der Waals surface area contributed by atoms with Gasteiger partial charge in [-0.3, -0.25) is 4.57 Å². The average Bonchev–Trinajstić information content (AvgIpc) is 2.64. The molecule has 1 aliphatic rings. The van der Waals surface area contributed by atoms with Gasteiger partial charge in [-0.1, -0.05) is 0 Å². The van der Waals surface area contributed by atoms with Gasteiger partial charge in [-0.25, -0.2) is 4.79 Å². The van der Waals surface area contributed by atoms with Crippen LogP contribution in [0, 0.1) is 11.3 Å². The maximum Gasteiger partial charge on any atom is 0.350 e. The summed E-state index contributed by atoms with van der Waals surface area (Å²) in [5, 5.41) is 20.4. The quantitative estimate of drug-likeness (QED) is 0.753. The Kier molecular flexibility index (Phi) is 5.14. The second kappa shape index (κ2) is 7.36. The van der Waals surface area contributed by atoms with Gasteiger partial charge >= 0.3 is 5.69 Å². The van der Waals surface area contributed by atoms with Crippen molar-refractivity contribution >= 4 is 5.82 Å². The van der Waals surface area contributed by atoms with Crippen LogP contribution in [0.2, 0.25) is 0 Å². The van der Waals surface area contributed by atoms with Gasteiger partial charge < -0.3 is 25.1 Å². The van der Waals surface area contributed by atoms with Crippen LogP contribution in [0.3, 0.4) is 0 Å². The number of hydrogen-bond donors (Lipinski definition) is 2. The molecule has 0 aliphatic carbocycles. The van der Waals surface area contributed by atoms with Gasteiger partial charge in [0.2, 0.25) is 0 Å². The molecule has 3 N–H and O–H groups in total. The predicted octanol–water partition coefficient (Wildman–Crippen LogP) is 0.0715. The Bertz CT molecular complexity index is 930. The second-order valence-electron chi connectivity index (χ2n) is 6.33. The van der Waals surface area contributed by atoms with Gasteiger partial charge in [0.05, 0.1) is 30.9 Å². The molecule has 0 spiro atoms. The van der Waals surface area contributed by atoms with Crippen molar-refractivity contribution < 1.29 is 19.3 Å². The van der Waals surface area contributed by atoms with E-state index in [1.54, 1.807) is 18.2 Å². The Morgan fingerprint density at radius 2 is 2.07 bits per heavy atom. The van der Waals surface area contributed by atoms with E-state index in [1.807, 2.05) is 6.07 Å². The molecule has 0 saturated heterocycles. The van der Waals surface area contributed by atoms with Crippen LogP contribution >= 0.6 is 0 Å². The zero-order chi connectivity index (χ0) is 19.6. The van der Waals surface area contributed by atoms with Crippen molar-refractivity contribution in [2.24, 2.45) is 0 Å². The number of benzene rings is 1. The van der Waals surface area contributed by atoms with E-state index >= 15 is 0 Å². The molecule has 9 heteroatoms. The molecule has 142 valence electrons. The van der Waals surface area contributed by atoms with Crippen molar-refractivity contribution in [1.82, 2.24) is 9.55 Å². The topological polar surface area (TPSA) is 133 Å². The van der Waals surface area contributed by atoms with Gasteiger partial charge in [0.25, 0.3) is 0 Å². The van der Waals surface area contributed by atoms with Gasteiger partial charge in [0.1, 0.15) is 17.7 Å². The summed E-state index contributed by atoms with van der Waals surface area (Å²) in [5.41, 5.74) is 4.56. The third-order valence-electron chi connectivity index (χ3n) is 4.54. The predicted molar refractivity (Wildman–Crippen MR) is 95.3 cm³/mol. The lowest BCUT2D eigenvalue weighted by atomic mass is 9.84. The first-order valence-corrected chi connectivity index (χ1v) is 8.19. The van der Waals surface area contributed by atoms with Crippen molar-refractivity contribution in [2.45, 2.75) is 17.7 Å². The lowest BCUT2D eigenvalue weighted by Crippen LogP contribution is -2.61. The highest BCUT2D eigenvalue weighted by molar-refractivity contribution is 5.47. The fourth-order valence-electron chi connectivity index (χ4n) is 3.38. The number of ether oxygens (including phenoxy) is 3. The number of nitrogens with zero attached hydrogens (tertiary/aromatic N) is 3. The largest absolute Gasteiger partial charge is 0.479 e. The summed E-state index contributed by atoms with van der Waals surface area (Å²) in [7, 11) is 2.96. The molecule has 1 aromatic carbocycles. The molecule has 0 unspecified atom stereocenters. The zero-order valence-electron chi connectivity index (χ0n) is 15.0. The first kappa shape index (κ1) is 18.8. The zero-order valence-corrected chi connectivity index (χ0v) is 15.0. The summed E-state index contributed by atoms with van der Waals surface area (Å²) in [5.74, 6) is 0.492. The summed E-state index contributed by atoms with van der Waals surface area (Å²) in [6.07, 6.45) is 0.235. The van der Waals surface area contributed by atoms with Gasteiger partial charge in [0, 0.05) is 26.0 Å². The number of aliphatic hydroxyl groups excluding tert-OH is 1. The van der Waals surface area contributed by atoms with Crippen molar-refractivity contribution in [2.75, 3.05) is 33.2 Å². The lowest BCUT2D eigenvalue weighted by molar-refractivity contribution is -0.148. The maximum atomic E-state index is 12.5. The molecule has 2 heterocycles. The second-order valence-corrected chi connectivity index (χ2v) is 6.33. The number of methoxy groups -OCH3 is 2. The third kappa shape index (κ3) is 3.26. The highest BCUT2D eigenvalue weighted by Gasteiger charge is 2.51. The molecule has 3 rings (SSSR count). The summed E-state index contributed by atoms with van der Waals surface area (Å²) in [6.45, 7) is 0.0458. The molecular weight excluding hydrogens is 352 g/mol. The van der Waals surface area contributed by atoms with Crippen LogP contribution in [-0.2, 0) is 9.47 Å². The molecule has 0 radical (unpaired) electrons.